The summed E-state index contributed by atoms with van der Waals surface area (Å²) in [4.78, 5) is 4.37. The topological polar surface area (TPSA) is 61.2 Å². The molecule has 2 aromatic carbocycles. The van der Waals surface area contributed by atoms with Crippen LogP contribution in [0, 0.1) is 13.8 Å². The number of benzene rings is 2. The lowest BCUT2D eigenvalue weighted by atomic mass is 10.1. The Morgan fingerprint density at radius 1 is 1.09 bits per heavy atom. The van der Waals surface area contributed by atoms with Crippen LogP contribution in [0.4, 0.5) is 0 Å². The molecule has 0 fully saturated rings. The first kappa shape index (κ1) is 14.6. The number of hydrogen-bond acceptors (Lipinski definition) is 4. The van der Waals surface area contributed by atoms with Gasteiger partial charge in [0, 0.05) is 6.07 Å². The lowest BCUT2D eigenvalue weighted by Crippen LogP contribution is -2.13. The molecule has 0 spiro atoms. The van der Waals surface area contributed by atoms with E-state index in [2.05, 4.69) is 4.98 Å². The maximum absolute atomic E-state index is 13.0. The first-order valence-corrected chi connectivity index (χ1v) is 8.22. The van der Waals surface area contributed by atoms with E-state index in [0.717, 1.165) is 5.56 Å². The van der Waals surface area contributed by atoms with Crippen molar-refractivity contribution in [3.63, 3.8) is 0 Å². The highest BCUT2D eigenvalue weighted by Crippen LogP contribution is 2.28. The molecule has 3 rings (SSSR count). The lowest BCUT2D eigenvalue weighted by molar-refractivity contribution is 0.410. The summed E-state index contributed by atoms with van der Waals surface area (Å²) >= 11 is 0. The zero-order valence-corrected chi connectivity index (χ0v) is 13.4. The highest BCUT2D eigenvalue weighted by molar-refractivity contribution is 7.90. The van der Waals surface area contributed by atoms with Crippen molar-refractivity contribution in [1.29, 1.82) is 0 Å². The van der Waals surface area contributed by atoms with Crippen LogP contribution in [0.2, 0.25) is 0 Å². The molecular formula is C16H16N2O3S. The second-order valence-corrected chi connectivity index (χ2v) is 6.90. The SMILES string of the molecule is COc1cc(S(=O)(=O)n2cnc3ccccc32)c(C)cc1C. The predicted molar refractivity (Wildman–Crippen MR) is 84.8 cm³/mol. The zero-order valence-electron chi connectivity index (χ0n) is 12.6. The number of para-hydroxylation sites is 2. The molecule has 0 unspecified atom stereocenters. The molecule has 0 aliphatic rings. The second-order valence-electron chi connectivity index (χ2n) is 5.12. The molecule has 0 atom stereocenters. The number of aromatic nitrogens is 2. The van der Waals surface area contributed by atoms with Gasteiger partial charge in [-0.25, -0.2) is 17.4 Å². The summed E-state index contributed by atoms with van der Waals surface area (Å²) in [6, 6.07) is 10.5. The van der Waals surface area contributed by atoms with Crippen LogP contribution >= 0.6 is 0 Å². The first-order chi connectivity index (χ1) is 10.4. The summed E-state index contributed by atoms with van der Waals surface area (Å²) in [6.45, 7) is 3.66. The van der Waals surface area contributed by atoms with Crippen molar-refractivity contribution in [3.8, 4) is 5.75 Å². The number of methoxy groups -OCH3 is 1. The predicted octanol–water partition coefficient (Wildman–Crippen LogP) is 2.90. The summed E-state index contributed by atoms with van der Waals surface area (Å²) in [5.41, 5.74) is 2.77. The molecule has 5 nitrogen and oxygen atoms in total. The number of aryl methyl sites for hydroxylation is 2. The van der Waals surface area contributed by atoms with Crippen molar-refractivity contribution in [1.82, 2.24) is 8.96 Å². The smallest absolute Gasteiger partial charge is 0.269 e. The average molecular weight is 316 g/mol. The highest BCUT2D eigenvalue weighted by Gasteiger charge is 2.23. The van der Waals surface area contributed by atoms with Crippen LogP contribution in [0.3, 0.4) is 0 Å². The van der Waals surface area contributed by atoms with Gasteiger partial charge in [0.05, 0.1) is 23.0 Å². The first-order valence-electron chi connectivity index (χ1n) is 6.78. The lowest BCUT2D eigenvalue weighted by Gasteiger charge is -2.13. The van der Waals surface area contributed by atoms with Gasteiger partial charge in [-0.2, -0.15) is 0 Å². The van der Waals surface area contributed by atoms with Gasteiger partial charge in [0.1, 0.15) is 12.1 Å². The van der Waals surface area contributed by atoms with Gasteiger partial charge in [-0.1, -0.05) is 18.2 Å². The Balaban J connectivity index is 2.27. The molecule has 0 saturated carbocycles. The third-order valence-electron chi connectivity index (χ3n) is 3.65. The Morgan fingerprint density at radius 3 is 2.55 bits per heavy atom. The van der Waals surface area contributed by atoms with E-state index in [-0.39, 0.29) is 4.90 Å². The normalized spacial score (nSPS) is 11.8. The molecule has 0 saturated heterocycles. The Morgan fingerprint density at radius 2 is 1.82 bits per heavy atom. The fourth-order valence-electron chi connectivity index (χ4n) is 2.55. The summed E-state index contributed by atoms with van der Waals surface area (Å²) in [7, 11) is -2.20. The van der Waals surface area contributed by atoms with E-state index in [4.69, 9.17) is 4.74 Å². The Kier molecular flexibility index (Phi) is 3.41. The van der Waals surface area contributed by atoms with E-state index in [1.165, 1.54) is 17.4 Å². The molecule has 6 heteroatoms. The quantitative estimate of drug-likeness (QED) is 0.745. The van der Waals surface area contributed by atoms with Crippen LogP contribution < -0.4 is 4.74 Å². The highest BCUT2D eigenvalue weighted by atomic mass is 32.2. The molecule has 1 heterocycles. The number of ether oxygens (including phenoxy) is 1. The van der Waals surface area contributed by atoms with Crippen LogP contribution in [-0.4, -0.2) is 24.5 Å². The van der Waals surface area contributed by atoms with Crippen molar-refractivity contribution in [2.45, 2.75) is 18.7 Å². The summed E-state index contributed by atoms with van der Waals surface area (Å²) in [5, 5.41) is 0. The van der Waals surface area contributed by atoms with E-state index in [9.17, 15) is 8.42 Å². The monoisotopic (exact) mass is 316 g/mol. The van der Waals surface area contributed by atoms with E-state index in [1.54, 1.807) is 31.2 Å². The van der Waals surface area contributed by atoms with Crippen molar-refractivity contribution >= 4 is 21.1 Å². The number of rotatable bonds is 3. The second kappa shape index (κ2) is 5.14. The maximum atomic E-state index is 13.0. The summed E-state index contributed by atoms with van der Waals surface area (Å²) < 4.78 is 32.4. The fourth-order valence-corrected chi connectivity index (χ4v) is 4.06. The summed E-state index contributed by atoms with van der Waals surface area (Å²) in [6.07, 6.45) is 1.34. The van der Waals surface area contributed by atoms with Crippen LogP contribution in [0.5, 0.6) is 5.75 Å². The van der Waals surface area contributed by atoms with Gasteiger partial charge in [-0.15, -0.1) is 0 Å². The number of hydrogen-bond donors (Lipinski definition) is 0. The average Bonchev–Trinajstić information content (AvgIpc) is 2.91. The fraction of sp³-hybridized carbons (Fsp3) is 0.188. The largest absolute Gasteiger partial charge is 0.496 e. The van der Waals surface area contributed by atoms with Crippen molar-refractivity contribution in [3.05, 3.63) is 53.9 Å². The third-order valence-corrected chi connectivity index (χ3v) is 5.45. The molecule has 3 aromatic rings. The number of fused-ring (bicyclic) bond motifs is 1. The minimum absolute atomic E-state index is 0.220. The van der Waals surface area contributed by atoms with Gasteiger partial charge in [0.15, 0.2) is 0 Å². The molecule has 0 aliphatic heterocycles. The molecule has 0 aliphatic carbocycles. The van der Waals surface area contributed by atoms with Crippen LogP contribution in [0.1, 0.15) is 11.1 Å². The van der Waals surface area contributed by atoms with Crippen molar-refractivity contribution < 1.29 is 13.2 Å². The molecule has 0 N–H and O–H groups in total. The maximum Gasteiger partial charge on any atom is 0.269 e. The van der Waals surface area contributed by atoms with E-state index >= 15 is 0 Å². The third kappa shape index (κ3) is 2.16. The van der Waals surface area contributed by atoms with E-state index < -0.39 is 10.0 Å². The van der Waals surface area contributed by atoms with Crippen LogP contribution in [0.15, 0.2) is 47.6 Å². The summed E-state index contributed by atoms with van der Waals surface area (Å²) in [5.74, 6) is 0.550. The van der Waals surface area contributed by atoms with Crippen molar-refractivity contribution in [2.24, 2.45) is 0 Å². The minimum Gasteiger partial charge on any atom is -0.496 e. The van der Waals surface area contributed by atoms with E-state index in [0.29, 0.717) is 22.3 Å². The van der Waals surface area contributed by atoms with Crippen LogP contribution in [-0.2, 0) is 10.0 Å². The Bertz CT molecular complexity index is 959. The standard InChI is InChI=1S/C16H16N2O3S/c1-11-8-12(2)16(9-15(11)21-3)22(19,20)18-10-17-13-6-4-5-7-14(13)18/h4-10H,1-3H3. The minimum atomic E-state index is -3.73. The molecule has 114 valence electrons. The van der Waals surface area contributed by atoms with E-state index in [1.807, 2.05) is 19.1 Å². The molecule has 1 aromatic heterocycles. The number of nitrogens with zero attached hydrogens (tertiary/aromatic N) is 2. The van der Waals surface area contributed by atoms with Gasteiger partial charge < -0.3 is 4.74 Å². The van der Waals surface area contributed by atoms with Gasteiger partial charge in [0.2, 0.25) is 0 Å². The molecule has 0 radical (unpaired) electrons. The van der Waals surface area contributed by atoms with Gasteiger partial charge in [-0.05, 0) is 37.1 Å². The zero-order chi connectivity index (χ0) is 15.9. The molecule has 22 heavy (non-hydrogen) atoms. The Labute approximate surface area is 129 Å². The number of imidazole rings is 1. The molecule has 0 bridgehead atoms. The molecule has 0 amide bonds. The Hall–Kier alpha value is -2.34. The van der Waals surface area contributed by atoms with Crippen molar-refractivity contribution in [2.75, 3.05) is 7.11 Å². The van der Waals surface area contributed by atoms with Gasteiger partial charge in [-0.3, -0.25) is 0 Å². The van der Waals surface area contributed by atoms with Gasteiger partial charge in [0.25, 0.3) is 10.0 Å². The van der Waals surface area contributed by atoms with Gasteiger partial charge >= 0.3 is 0 Å². The molecular weight excluding hydrogens is 300 g/mol. The van der Waals surface area contributed by atoms with Crippen LogP contribution in [0.25, 0.3) is 11.0 Å².